The maximum absolute atomic E-state index is 12.8. The molecule has 1 aromatic heterocycles. The Morgan fingerprint density at radius 2 is 1.76 bits per heavy atom. The van der Waals surface area contributed by atoms with Gasteiger partial charge >= 0.3 is 0 Å². The molecule has 33 heavy (non-hydrogen) atoms. The van der Waals surface area contributed by atoms with Gasteiger partial charge in [-0.2, -0.15) is 4.99 Å². The van der Waals surface area contributed by atoms with Crippen LogP contribution in [0.1, 0.15) is 17.7 Å². The fourth-order valence-electron chi connectivity index (χ4n) is 3.77. The van der Waals surface area contributed by atoms with Crippen molar-refractivity contribution in [2.45, 2.75) is 13.0 Å². The van der Waals surface area contributed by atoms with Crippen molar-refractivity contribution in [3.63, 3.8) is 0 Å². The number of fused-ring (bicyclic) bond motifs is 1. The van der Waals surface area contributed by atoms with Crippen LogP contribution in [0.2, 0.25) is 0 Å². The predicted molar refractivity (Wildman–Crippen MR) is 133 cm³/mol. The molecule has 2 aliphatic heterocycles. The van der Waals surface area contributed by atoms with Gasteiger partial charge in [0.2, 0.25) is 0 Å². The van der Waals surface area contributed by atoms with Gasteiger partial charge < -0.3 is 9.30 Å². The number of hydrogen-bond donors (Lipinski definition) is 1. The maximum atomic E-state index is 12.8. The first-order chi connectivity index (χ1) is 16.2. The third-order valence-corrected chi connectivity index (χ3v) is 6.22. The van der Waals surface area contributed by atoms with Crippen LogP contribution in [0.3, 0.4) is 0 Å². The third kappa shape index (κ3) is 4.40. The van der Waals surface area contributed by atoms with E-state index in [4.69, 9.17) is 10.1 Å². The van der Waals surface area contributed by atoms with Crippen LogP contribution in [-0.2, 0) is 11.3 Å². The standard InChI is InChI=1S/C26H22N4O2S/c27-24-22(25(31)28-26-30(24)23(18-33-26)19-9-3-1-4-10-19)17-20-11-7-14-29(20)15-8-16-32-21-12-5-2-6-13-21/h1-7,9-14,17-18,27H,8,15-16H2. The molecule has 1 N–H and O–H groups in total. The molecule has 6 nitrogen and oxygen atoms in total. The number of benzene rings is 2. The fraction of sp³-hybridized carbons (Fsp3) is 0.115. The van der Waals surface area contributed by atoms with Crippen LogP contribution in [0.4, 0.5) is 0 Å². The molecule has 2 aromatic carbocycles. The normalized spacial score (nSPS) is 16.6. The number of ether oxygens (including phenoxy) is 1. The molecule has 0 saturated heterocycles. The van der Waals surface area contributed by atoms with E-state index in [0.29, 0.717) is 11.8 Å². The largest absolute Gasteiger partial charge is 0.494 e. The van der Waals surface area contributed by atoms with Gasteiger partial charge in [-0.25, -0.2) is 0 Å². The van der Waals surface area contributed by atoms with Gasteiger partial charge in [-0.1, -0.05) is 60.3 Å². The maximum Gasteiger partial charge on any atom is 0.283 e. The van der Waals surface area contributed by atoms with Crippen molar-refractivity contribution in [1.29, 1.82) is 5.41 Å². The number of nitrogens with zero attached hydrogens (tertiary/aromatic N) is 3. The quantitative estimate of drug-likeness (QED) is 0.390. The van der Waals surface area contributed by atoms with E-state index in [2.05, 4.69) is 9.56 Å². The minimum absolute atomic E-state index is 0.144. The minimum Gasteiger partial charge on any atom is -0.494 e. The molecule has 164 valence electrons. The second kappa shape index (κ2) is 9.34. The number of hydrogen-bond acceptors (Lipinski definition) is 4. The smallest absolute Gasteiger partial charge is 0.283 e. The van der Waals surface area contributed by atoms with Crippen molar-refractivity contribution in [3.05, 3.63) is 101 Å². The van der Waals surface area contributed by atoms with Gasteiger partial charge in [-0.05, 0) is 42.3 Å². The molecule has 7 heteroatoms. The SMILES string of the molecule is N=C1C(=Cc2cccn2CCCOc2ccccc2)C(=O)N=C2SC=C(c3ccccc3)N12. The van der Waals surface area contributed by atoms with E-state index in [1.165, 1.54) is 11.8 Å². The first kappa shape index (κ1) is 21.0. The average molecular weight is 455 g/mol. The first-order valence-electron chi connectivity index (χ1n) is 10.7. The van der Waals surface area contributed by atoms with Gasteiger partial charge in [0.25, 0.3) is 5.91 Å². The first-order valence-corrected chi connectivity index (χ1v) is 11.6. The van der Waals surface area contributed by atoms with E-state index in [9.17, 15) is 4.79 Å². The van der Waals surface area contributed by atoms with Crippen LogP contribution in [0.15, 0.2) is 95.0 Å². The zero-order valence-electron chi connectivity index (χ0n) is 17.8. The Morgan fingerprint density at radius 3 is 2.55 bits per heavy atom. The lowest BCUT2D eigenvalue weighted by atomic mass is 10.1. The number of para-hydroxylation sites is 1. The Bertz CT molecular complexity index is 1280. The molecule has 1 amide bonds. The summed E-state index contributed by atoms with van der Waals surface area (Å²) in [5.74, 6) is 0.611. The number of rotatable bonds is 7. The van der Waals surface area contributed by atoms with E-state index in [1.807, 2.05) is 84.4 Å². The van der Waals surface area contributed by atoms with Gasteiger partial charge in [0.05, 0.1) is 17.9 Å². The van der Waals surface area contributed by atoms with Crippen molar-refractivity contribution < 1.29 is 9.53 Å². The van der Waals surface area contributed by atoms with E-state index < -0.39 is 0 Å². The lowest BCUT2D eigenvalue weighted by Gasteiger charge is -2.27. The summed E-state index contributed by atoms with van der Waals surface area (Å²) in [6.07, 6.45) is 4.55. The summed E-state index contributed by atoms with van der Waals surface area (Å²) in [4.78, 5) is 18.7. The minimum atomic E-state index is -0.387. The van der Waals surface area contributed by atoms with Crippen LogP contribution in [0.5, 0.6) is 5.75 Å². The number of aromatic nitrogens is 1. The molecule has 0 bridgehead atoms. The van der Waals surface area contributed by atoms with Crippen molar-refractivity contribution >= 4 is 40.4 Å². The molecular formula is C26H22N4O2S. The van der Waals surface area contributed by atoms with Gasteiger partial charge in [0.1, 0.15) is 11.6 Å². The summed E-state index contributed by atoms with van der Waals surface area (Å²) in [7, 11) is 0. The summed E-state index contributed by atoms with van der Waals surface area (Å²) in [6, 6.07) is 23.5. The molecule has 3 heterocycles. The predicted octanol–water partition coefficient (Wildman–Crippen LogP) is 5.26. The molecule has 3 aromatic rings. The molecule has 0 aliphatic carbocycles. The molecule has 0 saturated carbocycles. The molecular weight excluding hydrogens is 432 g/mol. The van der Waals surface area contributed by atoms with Crippen LogP contribution < -0.4 is 4.74 Å². The van der Waals surface area contributed by atoms with Crippen LogP contribution in [0, 0.1) is 5.41 Å². The van der Waals surface area contributed by atoms with Crippen molar-refractivity contribution in [2.24, 2.45) is 4.99 Å². The van der Waals surface area contributed by atoms with Crippen molar-refractivity contribution in [3.8, 4) is 5.75 Å². The lowest BCUT2D eigenvalue weighted by molar-refractivity contribution is -0.114. The number of amidine groups is 2. The number of aliphatic imine (C=N–C) groups is 1. The second-order valence-corrected chi connectivity index (χ2v) is 8.41. The molecule has 0 radical (unpaired) electrons. The van der Waals surface area contributed by atoms with E-state index in [-0.39, 0.29) is 17.3 Å². The number of carbonyl (C=O) groups is 1. The second-order valence-electron chi connectivity index (χ2n) is 7.57. The number of amides is 1. The highest BCUT2D eigenvalue weighted by Crippen LogP contribution is 2.37. The van der Waals surface area contributed by atoms with Crippen LogP contribution in [-0.4, -0.2) is 33.0 Å². The number of nitrogens with one attached hydrogen (secondary N) is 1. The van der Waals surface area contributed by atoms with Crippen molar-refractivity contribution in [1.82, 2.24) is 9.47 Å². The Morgan fingerprint density at radius 1 is 1.00 bits per heavy atom. The Balaban J connectivity index is 1.32. The molecule has 0 spiro atoms. The lowest BCUT2D eigenvalue weighted by Crippen LogP contribution is -2.38. The van der Waals surface area contributed by atoms with Gasteiger partial charge in [0.15, 0.2) is 5.17 Å². The zero-order valence-corrected chi connectivity index (χ0v) is 18.7. The van der Waals surface area contributed by atoms with E-state index in [0.717, 1.165) is 35.7 Å². The summed E-state index contributed by atoms with van der Waals surface area (Å²) < 4.78 is 7.84. The Hall–Kier alpha value is -3.84. The highest BCUT2D eigenvalue weighted by Gasteiger charge is 2.36. The summed E-state index contributed by atoms with van der Waals surface area (Å²) in [5, 5.41) is 11.3. The molecule has 5 rings (SSSR count). The number of thioether (sulfide) groups is 1. The fourth-order valence-corrected chi connectivity index (χ4v) is 4.66. The zero-order chi connectivity index (χ0) is 22.6. The average Bonchev–Trinajstić information content (AvgIpc) is 3.47. The van der Waals surface area contributed by atoms with Crippen LogP contribution >= 0.6 is 11.8 Å². The Labute approximate surface area is 196 Å². The molecule has 0 unspecified atom stereocenters. The van der Waals surface area contributed by atoms with Gasteiger partial charge in [0, 0.05) is 23.8 Å². The summed E-state index contributed by atoms with van der Waals surface area (Å²) in [5.41, 5.74) is 2.98. The van der Waals surface area contributed by atoms with Crippen molar-refractivity contribution in [2.75, 3.05) is 6.61 Å². The highest BCUT2D eigenvalue weighted by molar-refractivity contribution is 8.17. The summed E-state index contributed by atoms with van der Waals surface area (Å²) in [6.45, 7) is 1.33. The monoisotopic (exact) mass is 454 g/mol. The highest BCUT2D eigenvalue weighted by atomic mass is 32.2. The molecule has 2 aliphatic rings. The number of carbonyl (C=O) groups excluding carboxylic acids is 1. The third-order valence-electron chi connectivity index (χ3n) is 5.40. The number of aryl methyl sites for hydroxylation is 1. The van der Waals surface area contributed by atoms with Crippen LogP contribution in [0.25, 0.3) is 11.8 Å². The van der Waals surface area contributed by atoms with Gasteiger partial charge in [-0.15, -0.1) is 0 Å². The molecule has 0 atom stereocenters. The molecule has 0 fully saturated rings. The summed E-state index contributed by atoms with van der Waals surface area (Å²) >= 11 is 1.37. The van der Waals surface area contributed by atoms with Gasteiger partial charge in [-0.3, -0.25) is 15.1 Å². The van der Waals surface area contributed by atoms with E-state index in [1.54, 1.807) is 11.0 Å². The topological polar surface area (TPSA) is 70.7 Å². The Kier molecular flexibility index (Phi) is 5.95. The van der Waals surface area contributed by atoms with E-state index >= 15 is 0 Å².